The van der Waals surface area contributed by atoms with Gasteiger partial charge in [-0.1, -0.05) is 26.8 Å². The van der Waals surface area contributed by atoms with Gasteiger partial charge in [-0.3, -0.25) is 9.59 Å². The molecule has 7 nitrogen and oxygen atoms in total. The maximum Gasteiger partial charge on any atom is 0.306 e. The van der Waals surface area contributed by atoms with Crippen molar-refractivity contribution in [1.29, 1.82) is 0 Å². The Morgan fingerprint density at radius 1 is 1.03 bits per heavy atom. The van der Waals surface area contributed by atoms with Gasteiger partial charge in [0.1, 0.15) is 0 Å². The highest BCUT2D eigenvalue weighted by Crippen LogP contribution is 2.26. The summed E-state index contributed by atoms with van der Waals surface area (Å²) < 4.78 is 32.4. The quantitative estimate of drug-likeness (QED) is 0.678. The summed E-state index contributed by atoms with van der Waals surface area (Å²) in [4.78, 5) is 26.0. The van der Waals surface area contributed by atoms with E-state index in [1.807, 2.05) is 26.8 Å². The molecule has 0 atom stereocenters. The molecule has 0 radical (unpaired) electrons. The first-order valence-electron chi connectivity index (χ1n) is 10.1. The minimum absolute atomic E-state index is 0.197. The first-order chi connectivity index (χ1) is 13.6. The van der Waals surface area contributed by atoms with Crippen molar-refractivity contribution in [2.45, 2.75) is 51.3 Å². The van der Waals surface area contributed by atoms with Crippen LogP contribution in [0.3, 0.4) is 0 Å². The van der Waals surface area contributed by atoms with Crippen molar-refractivity contribution in [1.82, 2.24) is 9.21 Å². The van der Waals surface area contributed by atoms with Crippen LogP contribution in [0.4, 0.5) is 0 Å². The van der Waals surface area contributed by atoms with E-state index < -0.39 is 16.0 Å². The van der Waals surface area contributed by atoms with E-state index in [-0.39, 0.29) is 37.4 Å². The van der Waals surface area contributed by atoms with Gasteiger partial charge in [0, 0.05) is 26.2 Å². The van der Waals surface area contributed by atoms with Crippen LogP contribution in [0.5, 0.6) is 0 Å². The molecule has 0 N–H and O–H groups in total. The third-order valence-corrected chi connectivity index (χ3v) is 7.23. The van der Waals surface area contributed by atoms with E-state index >= 15 is 0 Å². The predicted octanol–water partition coefficient (Wildman–Crippen LogP) is 1.99. The van der Waals surface area contributed by atoms with E-state index in [0.29, 0.717) is 18.0 Å². The molecule has 160 valence electrons. The fraction of sp³-hybridized carbons (Fsp3) is 0.619. The third-order valence-electron chi connectivity index (χ3n) is 5.33. The second-order valence-corrected chi connectivity index (χ2v) is 10.9. The zero-order chi connectivity index (χ0) is 21.2. The maximum absolute atomic E-state index is 13.0. The number of hydrogen-bond acceptors (Lipinski definition) is 5. The Morgan fingerprint density at radius 2 is 1.69 bits per heavy atom. The molecule has 0 unspecified atom stereocenters. The number of benzene rings is 1. The molecule has 29 heavy (non-hydrogen) atoms. The standard InChI is InChI=1S/C21H30N2O5S/c1-21(2,3)14-20(25)28-15-19(24)22-9-11-23(12-10-22)29(26,27)18-8-7-16-5-4-6-17(16)13-18/h7-8,13H,4-6,9-12,14-15H2,1-3H3. The molecule has 2 aliphatic rings. The summed E-state index contributed by atoms with van der Waals surface area (Å²) in [6.45, 7) is 6.54. The number of aryl methyl sites for hydroxylation is 2. The molecule has 1 aromatic rings. The number of hydrogen-bond donors (Lipinski definition) is 0. The van der Waals surface area contributed by atoms with Crippen LogP contribution in [0.1, 0.15) is 44.7 Å². The van der Waals surface area contributed by atoms with Gasteiger partial charge in [0.05, 0.1) is 11.3 Å². The van der Waals surface area contributed by atoms with E-state index in [1.54, 1.807) is 17.0 Å². The zero-order valence-corrected chi connectivity index (χ0v) is 18.3. The van der Waals surface area contributed by atoms with Crippen LogP contribution in [0.25, 0.3) is 0 Å². The van der Waals surface area contributed by atoms with Gasteiger partial charge in [-0.2, -0.15) is 4.31 Å². The first kappa shape index (κ1) is 21.8. The van der Waals surface area contributed by atoms with Crippen molar-refractivity contribution in [3.63, 3.8) is 0 Å². The molecular formula is C21H30N2O5S. The van der Waals surface area contributed by atoms with Crippen molar-refractivity contribution < 1.29 is 22.7 Å². The Kier molecular flexibility index (Phi) is 6.33. The van der Waals surface area contributed by atoms with Crippen LogP contribution < -0.4 is 0 Å². The first-order valence-corrected chi connectivity index (χ1v) is 11.6. The Labute approximate surface area is 173 Å². The van der Waals surface area contributed by atoms with Gasteiger partial charge in [-0.15, -0.1) is 0 Å². The molecule has 1 aliphatic carbocycles. The SMILES string of the molecule is CC(C)(C)CC(=O)OCC(=O)N1CCN(S(=O)(=O)c2ccc3c(c2)CCC3)CC1. The third kappa shape index (κ3) is 5.36. The Bertz CT molecular complexity index is 881. The lowest BCUT2D eigenvalue weighted by molar-refractivity contribution is -0.154. The van der Waals surface area contributed by atoms with Crippen LogP contribution in [-0.2, 0) is 37.2 Å². The number of rotatable bonds is 5. The fourth-order valence-corrected chi connectivity index (χ4v) is 5.23. The number of carbonyl (C=O) groups is 2. The van der Waals surface area contributed by atoms with E-state index in [1.165, 1.54) is 9.87 Å². The molecule has 3 rings (SSSR count). The summed E-state index contributed by atoms with van der Waals surface area (Å²) >= 11 is 0. The molecule has 1 amide bonds. The second-order valence-electron chi connectivity index (χ2n) is 8.97. The van der Waals surface area contributed by atoms with Crippen molar-refractivity contribution in [3.8, 4) is 0 Å². The van der Waals surface area contributed by atoms with Gasteiger partial charge in [0.15, 0.2) is 6.61 Å². The normalized spacial score (nSPS) is 17.8. The molecular weight excluding hydrogens is 392 g/mol. The minimum atomic E-state index is -3.57. The Hall–Kier alpha value is -1.93. The Morgan fingerprint density at radius 3 is 2.34 bits per heavy atom. The Balaban J connectivity index is 1.53. The highest BCUT2D eigenvalue weighted by atomic mass is 32.2. The van der Waals surface area contributed by atoms with Gasteiger partial charge >= 0.3 is 5.97 Å². The summed E-state index contributed by atoms with van der Waals surface area (Å²) in [5, 5.41) is 0. The zero-order valence-electron chi connectivity index (χ0n) is 17.4. The molecule has 0 saturated carbocycles. The van der Waals surface area contributed by atoms with Gasteiger partial charge in [-0.05, 0) is 47.9 Å². The molecule has 0 bridgehead atoms. The lowest BCUT2D eigenvalue weighted by Crippen LogP contribution is -2.51. The lowest BCUT2D eigenvalue weighted by atomic mass is 9.92. The minimum Gasteiger partial charge on any atom is -0.456 e. The van der Waals surface area contributed by atoms with Gasteiger partial charge in [0.25, 0.3) is 5.91 Å². The van der Waals surface area contributed by atoms with E-state index in [2.05, 4.69) is 0 Å². The van der Waals surface area contributed by atoms with Crippen LogP contribution >= 0.6 is 0 Å². The average Bonchev–Trinajstić information content (AvgIpc) is 3.12. The summed E-state index contributed by atoms with van der Waals surface area (Å²) in [6, 6.07) is 5.40. The second kappa shape index (κ2) is 8.44. The molecule has 1 saturated heterocycles. The van der Waals surface area contributed by atoms with Crippen LogP contribution in [0.15, 0.2) is 23.1 Å². The molecule has 0 spiro atoms. The van der Waals surface area contributed by atoms with Crippen molar-refractivity contribution in [3.05, 3.63) is 29.3 Å². The van der Waals surface area contributed by atoms with Gasteiger partial charge in [0.2, 0.25) is 10.0 Å². The summed E-state index contributed by atoms with van der Waals surface area (Å²) in [5.74, 6) is -0.689. The lowest BCUT2D eigenvalue weighted by Gasteiger charge is -2.34. The van der Waals surface area contributed by atoms with Gasteiger partial charge in [-0.25, -0.2) is 8.42 Å². The molecule has 1 aromatic carbocycles. The summed E-state index contributed by atoms with van der Waals surface area (Å²) in [7, 11) is -3.57. The molecule has 8 heteroatoms. The van der Waals surface area contributed by atoms with Crippen molar-refractivity contribution in [2.75, 3.05) is 32.8 Å². The highest BCUT2D eigenvalue weighted by Gasteiger charge is 2.31. The smallest absolute Gasteiger partial charge is 0.306 e. The van der Waals surface area contributed by atoms with Crippen molar-refractivity contribution in [2.24, 2.45) is 5.41 Å². The van der Waals surface area contributed by atoms with E-state index in [0.717, 1.165) is 24.8 Å². The molecule has 0 aromatic heterocycles. The monoisotopic (exact) mass is 422 g/mol. The van der Waals surface area contributed by atoms with Crippen LogP contribution in [0, 0.1) is 5.41 Å². The van der Waals surface area contributed by atoms with E-state index in [4.69, 9.17) is 4.74 Å². The highest BCUT2D eigenvalue weighted by molar-refractivity contribution is 7.89. The van der Waals surface area contributed by atoms with E-state index in [9.17, 15) is 18.0 Å². The average molecular weight is 423 g/mol. The van der Waals surface area contributed by atoms with Crippen LogP contribution in [-0.4, -0.2) is 62.3 Å². The molecule has 1 aliphatic heterocycles. The van der Waals surface area contributed by atoms with Gasteiger partial charge < -0.3 is 9.64 Å². The predicted molar refractivity (Wildman–Crippen MR) is 109 cm³/mol. The summed E-state index contributed by atoms with van der Waals surface area (Å²) in [6.07, 6.45) is 3.25. The van der Waals surface area contributed by atoms with Crippen LogP contribution in [0.2, 0.25) is 0 Å². The topological polar surface area (TPSA) is 84.0 Å². The number of nitrogens with zero attached hydrogens (tertiary/aromatic N) is 2. The summed E-state index contributed by atoms with van der Waals surface area (Å²) in [5.41, 5.74) is 2.16. The maximum atomic E-state index is 13.0. The number of piperazine rings is 1. The number of fused-ring (bicyclic) bond motifs is 1. The largest absolute Gasteiger partial charge is 0.456 e. The van der Waals surface area contributed by atoms with Crippen molar-refractivity contribution >= 4 is 21.9 Å². The number of amides is 1. The fourth-order valence-electron chi connectivity index (χ4n) is 3.75. The molecule has 1 heterocycles. The number of sulfonamides is 1. The molecule has 1 fully saturated rings. The number of esters is 1. The number of carbonyl (C=O) groups excluding carboxylic acids is 2. The number of ether oxygens (including phenoxy) is 1.